The van der Waals surface area contributed by atoms with Gasteiger partial charge in [-0.25, -0.2) is 0 Å². The number of benzene rings is 1. The van der Waals surface area contributed by atoms with Crippen LogP contribution in [0.1, 0.15) is 17.4 Å². The molecule has 0 fully saturated rings. The Labute approximate surface area is 124 Å². The van der Waals surface area contributed by atoms with Gasteiger partial charge in [0.2, 0.25) is 0 Å². The van der Waals surface area contributed by atoms with Gasteiger partial charge >= 0.3 is 5.88 Å². The molecule has 2 rings (SSSR count). The average Bonchev–Trinajstić information content (AvgIpc) is 2.96. The maximum absolute atomic E-state index is 10.6. The summed E-state index contributed by atoms with van der Waals surface area (Å²) in [7, 11) is 2.84. The van der Waals surface area contributed by atoms with Crippen LogP contribution in [0, 0.1) is 10.1 Å². The smallest absolute Gasteiger partial charge is 0.433 e. The molecule has 1 N–H and O–H groups in total. The fraction of sp³-hybridized carbons (Fsp3) is 0.231. The fourth-order valence-corrected chi connectivity index (χ4v) is 2.20. The van der Waals surface area contributed by atoms with Gasteiger partial charge in [0.1, 0.15) is 33.3 Å². The zero-order valence-electron chi connectivity index (χ0n) is 11.2. The summed E-state index contributed by atoms with van der Waals surface area (Å²) < 4.78 is 15.2. The van der Waals surface area contributed by atoms with Crippen LogP contribution in [0.25, 0.3) is 0 Å². The van der Waals surface area contributed by atoms with Gasteiger partial charge in [-0.2, -0.15) is 0 Å². The van der Waals surface area contributed by atoms with Crippen LogP contribution in [0.3, 0.4) is 0 Å². The van der Waals surface area contributed by atoms with Gasteiger partial charge in [-0.1, -0.05) is 11.6 Å². The predicted octanol–water partition coefficient (Wildman–Crippen LogP) is 2.94. The van der Waals surface area contributed by atoms with Crippen LogP contribution < -0.4 is 9.47 Å². The van der Waals surface area contributed by atoms with Crippen molar-refractivity contribution in [2.45, 2.75) is 6.10 Å². The van der Waals surface area contributed by atoms with Crippen molar-refractivity contribution in [3.8, 4) is 11.5 Å². The van der Waals surface area contributed by atoms with E-state index in [4.69, 9.17) is 25.5 Å². The standard InChI is InChI=1S/C13H12ClNO6/c1-19-8-4-3-7(13(20-2)11(8)14)12(16)9-5-6-10(21-9)15(17)18/h3-6,12,16H,1-2H3. The highest BCUT2D eigenvalue weighted by atomic mass is 35.5. The van der Waals surface area contributed by atoms with Crippen molar-refractivity contribution in [2.75, 3.05) is 14.2 Å². The van der Waals surface area contributed by atoms with Crippen molar-refractivity contribution >= 4 is 17.5 Å². The number of nitrogens with zero attached hydrogens (tertiary/aromatic N) is 1. The van der Waals surface area contributed by atoms with Crippen molar-refractivity contribution in [3.63, 3.8) is 0 Å². The summed E-state index contributed by atoms with van der Waals surface area (Å²) in [6, 6.07) is 5.58. The third kappa shape index (κ3) is 2.79. The summed E-state index contributed by atoms with van der Waals surface area (Å²) in [6.45, 7) is 0. The molecule has 7 nitrogen and oxygen atoms in total. The van der Waals surface area contributed by atoms with Crippen LogP contribution in [-0.2, 0) is 0 Å². The van der Waals surface area contributed by atoms with Crippen LogP contribution >= 0.6 is 11.6 Å². The van der Waals surface area contributed by atoms with E-state index in [1.54, 1.807) is 12.1 Å². The molecule has 1 atom stereocenters. The summed E-state index contributed by atoms with van der Waals surface area (Å²) in [4.78, 5) is 9.92. The van der Waals surface area contributed by atoms with Gasteiger partial charge in [-0.15, -0.1) is 0 Å². The predicted molar refractivity (Wildman–Crippen MR) is 74.0 cm³/mol. The van der Waals surface area contributed by atoms with Gasteiger partial charge in [0.05, 0.1) is 20.3 Å². The molecule has 21 heavy (non-hydrogen) atoms. The highest BCUT2D eigenvalue weighted by molar-refractivity contribution is 6.33. The summed E-state index contributed by atoms with van der Waals surface area (Å²) in [5, 5.41) is 21.1. The van der Waals surface area contributed by atoms with Crippen molar-refractivity contribution < 1.29 is 23.9 Å². The molecule has 1 heterocycles. The average molecular weight is 314 g/mol. The van der Waals surface area contributed by atoms with Gasteiger partial charge in [0, 0.05) is 5.56 Å². The number of aliphatic hydroxyl groups excluding tert-OH is 1. The third-order valence-electron chi connectivity index (χ3n) is 2.87. The fourth-order valence-electron chi connectivity index (χ4n) is 1.87. The second kappa shape index (κ2) is 6.02. The molecule has 0 radical (unpaired) electrons. The number of methoxy groups -OCH3 is 2. The number of aliphatic hydroxyl groups is 1. The van der Waals surface area contributed by atoms with Gasteiger partial charge < -0.3 is 19.0 Å². The first kappa shape index (κ1) is 15.1. The lowest BCUT2D eigenvalue weighted by molar-refractivity contribution is -0.402. The van der Waals surface area contributed by atoms with E-state index in [1.165, 1.54) is 20.3 Å². The molecule has 0 amide bonds. The Hall–Kier alpha value is -2.25. The summed E-state index contributed by atoms with van der Waals surface area (Å²) in [5.41, 5.74) is 0.313. The van der Waals surface area contributed by atoms with E-state index >= 15 is 0 Å². The highest BCUT2D eigenvalue weighted by Crippen LogP contribution is 2.41. The lowest BCUT2D eigenvalue weighted by Gasteiger charge is -2.15. The van der Waals surface area contributed by atoms with Crippen LogP contribution in [0.4, 0.5) is 5.88 Å². The van der Waals surface area contributed by atoms with Gasteiger partial charge in [-0.3, -0.25) is 10.1 Å². The number of furan rings is 1. The van der Waals surface area contributed by atoms with E-state index in [9.17, 15) is 15.2 Å². The number of hydrogen-bond acceptors (Lipinski definition) is 6. The molecular formula is C13H12ClNO6. The molecule has 0 aliphatic heterocycles. The Bertz CT molecular complexity index is 669. The van der Waals surface area contributed by atoms with Gasteiger partial charge in [0.15, 0.2) is 0 Å². The minimum Gasteiger partial charge on any atom is -0.495 e. The number of nitro groups is 1. The van der Waals surface area contributed by atoms with E-state index in [1.807, 2.05) is 0 Å². The number of hydrogen-bond donors (Lipinski definition) is 1. The summed E-state index contributed by atoms with van der Waals surface area (Å²) in [5.74, 6) is 0.154. The van der Waals surface area contributed by atoms with E-state index in [-0.39, 0.29) is 16.5 Å². The lowest BCUT2D eigenvalue weighted by Crippen LogP contribution is -2.02. The Morgan fingerprint density at radius 3 is 2.52 bits per heavy atom. The highest BCUT2D eigenvalue weighted by Gasteiger charge is 2.24. The van der Waals surface area contributed by atoms with E-state index in [2.05, 4.69) is 0 Å². The van der Waals surface area contributed by atoms with Crippen LogP contribution in [0.15, 0.2) is 28.7 Å². The summed E-state index contributed by atoms with van der Waals surface area (Å²) in [6.07, 6.45) is -1.25. The first-order chi connectivity index (χ1) is 9.99. The zero-order valence-corrected chi connectivity index (χ0v) is 12.0. The Morgan fingerprint density at radius 1 is 1.29 bits per heavy atom. The molecule has 0 bridgehead atoms. The molecule has 1 aromatic heterocycles. The zero-order chi connectivity index (χ0) is 15.6. The summed E-state index contributed by atoms with van der Waals surface area (Å²) >= 11 is 6.10. The number of ether oxygens (including phenoxy) is 2. The minimum atomic E-state index is -1.25. The molecule has 1 aromatic carbocycles. The molecule has 0 aliphatic rings. The molecule has 1 unspecified atom stereocenters. The largest absolute Gasteiger partial charge is 0.495 e. The molecule has 0 spiro atoms. The second-order valence-corrected chi connectivity index (χ2v) is 4.42. The molecule has 0 saturated heterocycles. The van der Waals surface area contributed by atoms with E-state index in [0.29, 0.717) is 11.3 Å². The Balaban J connectivity index is 2.44. The van der Waals surface area contributed by atoms with Crippen molar-refractivity contribution in [1.29, 1.82) is 0 Å². The normalized spacial score (nSPS) is 12.0. The van der Waals surface area contributed by atoms with E-state index < -0.39 is 16.9 Å². The lowest BCUT2D eigenvalue weighted by atomic mass is 10.1. The quantitative estimate of drug-likeness (QED) is 0.673. The molecule has 112 valence electrons. The maximum atomic E-state index is 10.6. The minimum absolute atomic E-state index is 0.0150. The number of halogens is 1. The Morgan fingerprint density at radius 2 is 2.00 bits per heavy atom. The van der Waals surface area contributed by atoms with Gasteiger partial charge in [-0.05, 0) is 18.2 Å². The topological polar surface area (TPSA) is 95.0 Å². The molecule has 0 saturated carbocycles. The Kier molecular flexibility index (Phi) is 4.35. The molecule has 0 aliphatic carbocycles. The van der Waals surface area contributed by atoms with Crippen LogP contribution in [0.5, 0.6) is 11.5 Å². The second-order valence-electron chi connectivity index (χ2n) is 4.04. The molecular weight excluding hydrogens is 302 g/mol. The first-order valence-corrected chi connectivity index (χ1v) is 6.20. The number of rotatable bonds is 5. The first-order valence-electron chi connectivity index (χ1n) is 5.82. The third-order valence-corrected chi connectivity index (χ3v) is 3.23. The van der Waals surface area contributed by atoms with Crippen molar-refractivity contribution in [3.05, 3.63) is 50.7 Å². The molecule has 8 heteroatoms. The van der Waals surface area contributed by atoms with Crippen molar-refractivity contribution in [1.82, 2.24) is 0 Å². The maximum Gasteiger partial charge on any atom is 0.433 e. The van der Waals surface area contributed by atoms with Gasteiger partial charge in [0.25, 0.3) is 0 Å². The van der Waals surface area contributed by atoms with Crippen LogP contribution in [-0.4, -0.2) is 24.2 Å². The van der Waals surface area contributed by atoms with Crippen LogP contribution in [0.2, 0.25) is 5.02 Å². The van der Waals surface area contributed by atoms with E-state index in [0.717, 1.165) is 6.07 Å². The SMILES string of the molecule is COc1ccc(C(O)c2ccc([N+](=O)[O-])o2)c(OC)c1Cl. The van der Waals surface area contributed by atoms with Crippen molar-refractivity contribution in [2.24, 2.45) is 0 Å². The molecule has 2 aromatic rings. The monoisotopic (exact) mass is 313 g/mol.